The zero-order valence-corrected chi connectivity index (χ0v) is 14.3. The predicted octanol–water partition coefficient (Wildman–Crippen LogP) is 3.59. The zero-order valence-electron chi connectivity index (χ0n) is 14.3. The van der Waals surface area contributed by atoms with E-state index in [-0.39, 0.29) is 11.8 Å². The van der Waals surface area contributed by atoms with Crippen molar-refractivity contribution in [2.75, 3.05) is 30.5 Å². The fraction of sp³-hybridized carbons (Fsp3) is 0.368. The molecule has 1 aliphatic rings. The van der Waals surface area contributed by atoms with E-state index in [9.17, 15) is 4.79 Å². The van der Waals surface area contributed by atoms with Gasteiger partial charge in [-0.2, -0.15) is 0 Å². The van der Waals surface area contributed by atoms with Crippen molar-refractivity contribution < 1.29 is 14.3 Å². The summed E-state index contributed by atoms with van der Waals surface area (Å²) in [6, 6.07) is 11.4. The number of aromatic nitrogens is 1. The smallest absolute Gasteiger partial charge is 0.228 e. The fourth-order valence-corrected chi connectivity index (χ4v) is 2.70. The molecule has 1 amide bonds. The number of hydrogen-bond acceptors (Lipinski definition) is 5. The van der Waals surface area contributed by atoms with Gasteiger partial charge in [-0.05, 0) is 56.2 Å². The van der Waals surface area contributed by atoms with Gasteiger partial charge in [-0.1, -0.05) is 0 Å². The maximum Gasteiger partial charge on any atom is 0.228 e. The molecule has 3 rings (SSSR count). The van der Waals surface area contributed by atoms with Crippen LogP contribution in [-0.2, 0) is 9.53 Å². The SMILES string of the molecule is CCOc1ccc(Nc2ccc(NC(=O)C3CCOCC3)nc2)cc1. The van der Waals surface area contributed by atoms with Gasteiger partial charge in [-0.25, -0.2) is 4.98 Å². The number of carbonyl (C=O) groups excluding carboxylic acids is 1. The third-order valence-electron chi connectivity index (χ3n) is 4.06. The minimum Gasteiger partial charge on any atom is -0.494 e. The van der Waals surface area contributed by atoms with Crippen molar-refractivity contribution in [1.29, 1.82) is 0 Å². The maximum absolute atomic E-state index is 12.2. The van der Waals surface area contributed by atoms with Gasteiger partial charge in [-0.15, -0.1) is 0 Å². The molecule has 2 N–H and O–H groups in total. The molecule has 0 unspecified atom stereocenters. The molecular weight excluding hydrogens is 318 g/mol. The van der Waals surface area contributed by atoms with Crippen LogP contribution in [0.25, 0.3) is 0 Å². The summed E-state index contributed by atoms with van der Waals surface area (Å²) in [6.07, 6.45) is 3.24. The molecule has 0 atom stereocenters. The molecule has 6 heteroatoms. The Balaban J connectivity index is 1.55. The molecule has 0 aliphatic carbocycles. The highest BCUT2D eigenvalue weighted by atomic mass is 16.5. The lowest BCUT2D eigenvalue weighted by molar-refractivity contribution is -0.122. The van der Waals surface area contributed by atoms with Crippen LogP contribution < -0.4 is 15.4 Å². The largest absolute Gasteiger partial charge is 0.494 e. The number of nitrogens with one attached hydrogen (secondary N) is 2. The van der Waals surface area contributed by atoms with Gasteiger partial charge in [0.05, 0.1) is 18.5 Å². The molecule has 0 radical (unpaired) electrons. The summed E-state index contributed by atoms with van der Waals surface area (Å²) >= 11 is 0. The summed E-state index contributed by atoms with van der Waals surface area (Å²) in [4.78, 5) is 16.5. The van der Waals surface area contributed by atoms with Crippen LogP contribution in [0.3, 0.4) is 0 Å². The van der Waals surface area contributed by atoms with Crippen LogP contribution >= 0.6 is 0 Å². The molecule has 1 aromatic carbocycles. The third kappa shape index (κ3) is 4.93. The number of benzene rings is 1. The van der Waals surface area contributed by atoms with E-state index in [1.54, 1.807) is 12.3 Å². The first-order valence-corrected chi connectivity index (χ1v) is 8.59. The predicted molar refractivity (Wildman–Crippen MR) is 97.3 cm³/mol. The number of amides is 1. The van der Waals surface area contributed by atoms with Crippen molar-refractivity contribution in [3.05, 3.63) is 42.6 Å². The Hall–Kier alpha value is -2.60. The van der Waals surface area contributed by atoms with Crippen LogP contribution in [-0.4, -0.2) is 30.7 Å². The second-order valence-electron chi connectivity index (χ2n) is 5.89. The minimum absolute atomic E-state index is 0.0113. The molecule has 1 aromatic heterocycles. The Morgan fingerprint density at radius 2 is 1.88 bits per heavy atom. The van der Waals surface area contributed by atoms with Gasteiger partial charge in [0, 0.05) is 24.8 Å². The quantitative estimate of drug-likeness (QED) is 0.840. The molecule has 2 aromatic rings. The Bertz CT molecular complexity index is 680. The van der Waals surface area contributed by atoms with Gasteiger partial charge < -0.3 is 20.1 Å². The molecule has 1 aliphatic heterocycles. The van der Waals surface area contributed by atoms with Crippen LogP contribution in [0.4, 0.5) is 17.2 Å². The van der Waals surface area contributed by atoms with E-state index in [1.807, 2.05) is 37.3 Å². The maximum atomic E-state index is 12.2. The van der Waals surface area contributed by atoms with Crippen molar-refractivity contribution in [3.63, 3.8) is 0 Å². The van der Waals surface area contributed by atoms with Crippen molar-refractivity contribution in [1.82, 2.24) is 4.98 Å². The molecule has 0 spiro atoms. The van der Waals surface area contributed by atoms with Crippen molar-refractivity contribution in [2.45, 2.75) is 19.8 Å². The fourth-order valence-electron chi connectivity index (χ4n) is 2.70. The van der Waals surface area contributed by atoms with Gasteiger partial charge in [0.25, 0.3) is 0 Å². The first-order chi connectivity index (χ1) is 12.2. The first kappa shape index (κ1) is 17.2. The summed E-state index contributed by atoms with van der Waals surface area (Å²) in [5.74, 6) is 1.44. The van der Waals surface area contributed by atoms with Gasteiger partial charge in [-0.3, -0.25) is 4.79 Å². The van der Waals surface area contributed by atoms with Crippen LogP contribution in [0.5, 0.6) is 5.75 Å². The molecule has 2 heterocycles. The highest BCUT2D eigenvalue weighted by molar-refractivity contribution is 5.91. The van der Waals surface area contributed by atoms with E-state index in [2.05, 4.69) is 15.6 Å². The average Bonchev–Trinajstić information content (AvgIpc) is 2.66. The van der Waals surface area contributed by atoms with Gasteiger partial charge in [0.15, 0.2) is 0 Å². The van der Waals surface area contributed by atoms with E-state index >= 15 is 0 Å². The van der Waals surface area contributed by atoms with Crippen molar-refractivity contribution >= 4 is 23.1 Å². The highest BCUT2D eigenvalue weighted by Gasteiger charge is 2.21. The molecule has 132 valence electrons. The standard InChI is InChI=1S/C19H23N3O3/c1-2-25-17-6-3-15(4-7-17)21-16-5-8-18(20-13-16)22-19(23)14-9-11-24-12-10-14/h3-8,13-14,21H,2,9-12H2,1H3,(H,20,22,23). The monoisotopic (exact) mass is 341 g/mol. The van der Waals surface area contributed by atoms with Gasteiger partial charge in [0.2, 0.25) is 5.91 Å². The number of anilines is 3. The lowest BCUT2D eigenvalue weighted by atomic mass is 9.99. The third-order valence-corrected chi connectivity index (χ3v) is 4.06. The Morgan fingerprint density at radius 1 is 1.16 bits per heavy atom. The molecule has 25 heavy (non-hydrogen) atoms. The number of ether oxygens (including phenoxy) is 2. The zero-order chi connectivity index (χ0) is 17.5. The Labute approximate surface area is 147 Å². The summed E-state index contributed by atoms with van der Waals surface area (Å²) in [5, 5.41) is 6.14. The number of nitrogens with zero attached hydrogens (tertiary/aromatic N) is 1. The van der Waals surface area contributed by atoms with E-state index in [0.29, 0.717) is 25.6 Å². The Kier molecular flexibility index (Phi) is 5.85. The average molecular weight is 341 g/mol. The highest BCUT2D eigenvalue weighted by Crippen LogP contribution is 2.21. The summed E-state index contributed by atoms with van der Waals surface area (Å²) in [7, 11) is 0. The number of rotatable bonds is 6. The first-order valence-electron chi connectivity index (χ1n) is 8.59. The van der Waals surface area contributed by atoms with Crippen LogP contribution in [0.2, 0.25) is 0 Å². The topological polar surface area (TPSA) is 72.5 Å². The van der Waals surface area contributed by atoms with E-state index in [0.717, 1.165) is 30.0 Å². The van der Waals surface area contributed by atoms with E-state index in [4.69, 9.17) is 9.47 Å². The van der Waals surface area contributed by atoms with Crippen molar-refractivity contribution in [2.24, 2.45) is 5.92 Å². The molecule has 1 saturated heterocycles. The van der Waals surface area contributed by atoms with Crippen LogP contribution in [0.1, 0.15) is 19.8 Å². The minimum atomic E-state index is 0.0113. The lowest BCUT2D eigenvalue weighted by Gasteiger charge is -2.20. The van der Waals surface area contributed by atoms with Crippen LogP contribution in [0.15, 0.2) is 42.6 Å². The normalized spacial score (nSPS) is 14.8. The van der Waals surface area contributed by atoms with E-state index < -0.39 is 0 Å². The van der Waals surface area contributed by atoms with Gasteiger partial charge >= 0.3 is 0 Å². The summed E-state index contributed by atoms with van der Waals surface area (Å²) in [5.41, 5.74) is 1.80. The number of pyridine rings is 1. The summed E-state index contributed by atoms with van der Waals surface area (Å²) < 4.78 is 10.7. The second-order valence-corrected chi connectivity index (χ2v) is 5.89. The van der Waals surface area contributed by atoms with Crippen LogP contribution in [0, 0.1) is 5.92 Å². The van der Waals surface area contributed by atoms with Crippen molar-refractivity contribution in [3.8, 4) is 5.75 Å². The molecule has 0 bridgehead atoms. The van der Waals surface area contributed by atoms with E-state index in [1.165, 1.54) is 0 Å². The number of hydrogen-bond donors (Lipinski definition) is 2. The second kappa shape index (κ2) is 8.48. The summed E-state index contributed by atoms with van der Waals surface area (Å²) in [6.45, 7) is 3.91. The molecule has 1 fully saturated rings. The van der Waals surface area contributed by atoms with Gasteiger partial charge in [0.1, 0.15) is 11.6 Å². The number of carbonyl (C=O) groups is 1. The molecule has 6 nitrogen and oxygen atoms in total. The Morgan fingerprint density at radius 3 is 2.52 bits per heavy atom. The lowest BCUT2D eigenvalue weighted by Crippen LogP contribution is -2.28. The molecule has 0 saturated carbocycles. The molecular formula is C19H23N3O3.